The molecule has 8 rings (SSSR count). The fraction of sp³-hybridized carbons (Fsp3) is 0.524. The van der Waals surface area contributed by atoms with Crippen molar-refractivity contribution in [2.45, 2.75) is 92.5 Å². The van der Waals surface area contributed by atoms with Gasteiger partial charge in [-0.1, -0.05) is 6.07 Å². The highest BCUT2D eigenvalue weighted by Gasteiger charge is 2.47. The van der Waals surface area contributed by atoms with E-state index >= 15 is 0 Å². The topological polar surface area (TPSA) is 186 Å². The fourth-order valence-electron chi connectivity index (χ4n) is 8.99. The van der Waals surface area contributed by atoms with Gasteiger partial charge < -0.3 is 40.1 Å². The van der Waals surface area contributed by atoms with Gasteiger partial charge >= 0.3 is 0 Å². The number of carbonyl (C=O) groups is 4. The quantitative estimate of drug-likeness (QED) is 0.179. The predicted octanol–water partition coefficient (Wildman–Crippen LogP) is 2.80. The molecule has 1 aliphatic carbocycles. The van der Waals surface area contributed by atoms with Crippen LogP contribution in [-0.4, -0.2) is 134 Å². The van der Waals surface area contributed by atoms with Crippen molar-refractivity contribution in [1.82, 2.24) is 29.4 Å². The summed E-state index contributed by atoms with van der Waals surface area (Å²) in [5, 5.41) is 9.08. The van der Waals surface area contributed by atoms with Crippen molar-refractivity contribution in [3.05, 3.63) is 65.4 Å². The Kier molecular flexibility index (Phi) is 11.6. The lowest BCUT2D eigenvalue weighted by Crippen LogP contribution is -2.59. The van der Waals surface area contributed by atoms with Crippen molar-refractivity contribution in [2.75, 3.05) is 68.9 Å². The average Bonchev–Trinajstić information content (AvgIpc) is 3.98. The first-order valence-electron chi connectivity index (χ1n) is 20.7. The Hall–Kier alpha value is -5.13. The third-order valence-corrected chi connectivity index (χ3v) is 14.6. The minimum atomic E-state index is -3.72. The zero-order chi connectivity index (χ0) is 41.3. The Balaban J connectivity index is 0.792. The zero-order valence-corrected chi connectivity index (χ0v) is 34.5. The molecule has 4 aliphatic heterocycles. The molecule has 5 aliphatic rings. The van der Waals surface area contributed by atoms with E-state index in [1.165, 1.54) is 11.4 Å². The first-order chi connectivity index (χ1) is 28.5. The van der Waals surface area contributed by atoms with Gasteiger partial charge in [-0.05, 0) is 80.8 Å². The highest BCUT2D eigenvalue weighted by atomic mass is 32.2. The van der Waals surface area contributed by atoms with E-state index in [0.717, 1.165) is 81.2 Å². The molecule has 1 aromatic heterocycles. The molecule has 59 heavy (non-hydrogen) atoms. The van der Waals surface area contributed by atoms with Crippen LogP contribution in [0.15, 0.2) is 53.6 Å². The summed E-state index contributed by atoms with van der Waals surface area (Å²) in [5.41, 5.74) is 2.89. The second-order valence-corrected chi connectivity index (χ2v) is 18.3. The Morgan fingerprint density at radius 1 is 1.02 bits per heavy atom. The lowest BCUT2D eigenvalue weighted by atomic mass is 9.97. The normalized spacial score (nSPS) is 20.7. The van der Waals surface area contributed by atoms with Gasteiger partial charge in [-0.2, -0.15) is 9.29 Å². The van der Waals surface area contributed by atoms with Crippen LogP contribution in [-0.2, 0) is 36.4 Å². The van der Waals surface area contributed by atoms with Gasteiger partial charge in [0.15, 0.2) is 0 Å². The molecule has 1 saturated carbocycles. The summed E-state index contributed by atoms with van der Waals surface area (Å²) >= 11 is 0. The number of likely N-dealkylation sites (N-methyl/N-ethyl adjacent to an activating group) is 1. The number of rotatable bonds is 16. The number of fused-ring (bicyclic) bond motifs is 1. The van der Waals surface area contributed by atoms with Crippen molar-refractivity contribution in [2.24, 2.45) is 0 Å². The van der Waals surface area contributed by atoms with E-state index in [2.05, 4.69) is 41.8 Å². The predicted molar refractivity (Wildman–Crippen MR) is 221 cm³/mol. The van der Waals surface area contributed by atoms with E-state index in [4.69, 9.17) is 4.74 Å². The molecule has 16 nitrogen and oxygen atoms in total. The smallest absolute Gasteiger partial charge is 0.255 e. The number of aldehydes is 2. The van der Waals surface area contributed by atoms with Gasteiger partial charge in [-0.3, -0.25) is 14.5 Å². The van der Waals surface area contributed by atoms with Gasteiger partial charge in [0.2, 0.25) is 21.9 Å². The van der Waals surface area contributed by atoms with Gasteiger partial charge in [-0.25, -0.2) is 13.4 Å². The van der Waals surface area contributed by atoms with Crippen molar-refractivity contribution in [1.29, 1.82) is 0 Å². The van der Waals surface area contributed by atoms with Gasteiger partial charge in [0.25, 0.3) is 5.91 Å². The largest absolute Gasteiger partial charge is 0.488 e. The molecule has 0 spiro atoms. The highest BCUT2D eigenvalue weighted by molar-refractivity contribution is 7.89. The molecular formula is C42H53N9O7S. The molecule has 2 aromatic carbocycles. The van der Waals surface area contributed by atoms with Crippen LogP contribution in [0.25, 0.3) is 0 Å². The first kappa shape index (κ1) is 40.6. The standard InChI is InChI=1S/C42H53N9O7S/c1-43-38-36(42(27-53)14-15-42)23-45-41(47-38)46-29-10-18-50(19-11-29)59(56,57)34-6-3-5-32(22-34)58-33-25-49(26-33)30-12-16-48(17-13-30)31-8-9-35-28(21-31)24-51(40(35)55)37(7-4-20-52)39(54)44-2/h3,5-6,8-9,20-23,27,29-30,33,37H,4,7,10-19,24-26H2,1-2H3,(H,44,54)(H2,43,45,46,47). The van der Waals surface area contributed by atoms with Gasteiger partial charge in [0.05, 0.1) is 10.3 Å². The van der Waals surface area contributed by atoms with Gasteiger partial charge in [0, 0.05) is 107 Å². The summed E-state index contributed by atoms with van der Waals surface area (Å²) in [5.74, 6) is 1.19. The molecule has 3 N–H and O–H groups in total. The first-order valence-corrected chi connectivity index (χ1v) is 22.1. The van der Waals surface area contributed by atoms with E-state index in [1.54, 1.807) is 36.3 Å². The van der Waals surface area contributed by atoms with Crippen molar-refractivity contribution in [3.63, 3.8) is 0 Å². The number of sulfonamides is 1. The third-order valence-electron chi connectivity index (χ3n) is 12.7. The summed E-state index contributed by atoms with van der Waals surface area (Å²) in [6, 6.07) is 12.5. The average molecular weight is 828 g/mol. The maximum Gasteiger partial charge on any atom is 0.255 e. The van der Waals surface area contributed by atoms with Crippen LogP contribution < -0.4 is 25.6 Å². The number of likely N-dealkylation sites (tertiary alicyclic amines) is 1. The molecule has 3 saturated heterocycles. The minimum Gasteiger partial charge on any atom is -0.488 e. The van der Waals surface area contributed by atoms with E-state index in [-0.39, 0.29) is 41.7 Å². The Bertz CT molecular complexity index is 2180. The van der Waals surface area contributed by atoms with Crippen LogP contribution in [0.1, 0.15) is 72.9 Å². The van der Waals surface area contributed by atoms with Crippen LogP contribution in [0, 0.1) is 0 Å². The maximum absolute atomic E-state index is 13.7. The molecular weight excluding hydrogens is 775 g/mol. The number of carbonyl (C=O) groups excluding carboxylic acids is 4. The highest BCUT2D eigenvalue weighted by Crippen LogP contribution is 2.48. The lowest BCUT2D eigenvalue weighted by molar-refractivity contribution is -0.125. The molecule has 5 heterocycles. The summed E-state index contributed by atoms with van der Waals surface area (Å²) < 4.78 is 35.3. The summed E-state index contributed by atoms with van der Waals surface area (Å²) in [6.07, 6.45) is 8.71. The number of ether oxygens (including phenoxy) is 1. The van der Waals surface area contributed by atoms with Crippen molar-refractivity contribution in [3.8, 4) is 5.75 Å². The Morgan fingerprint density at radius 2 is 1.78 bits per heavy atom. The van der Waals surface area contributed by atoms with Crippen molar-refractivity contribution < 1.29 is 32.3 Å². The molecule has 314 valence electrons. The van der Waals surface area contributed by atoms with Crippen molar-refractivity contribution >= 4 is 51.9 Å². The number of hydrogen-bond donors (Lipinski definition) is 3. The number of hydrogen-bond acceptors (Lipinski definition) is 13. The Morgan fingerprint density at radius 3 is 2.46 bits per heavy atom. The zero-order valence-electron chi connectivity index (χ0n) is 33.6. The summed E-state index contributed by atoms with van der Waals surface area (Å²) in [6.45, 7) is 4.36. The molecule has 17 heteroatoms. The molecule has 2 amide bonds. The summed E-state index contributed by atoms with van der Waals surface area (Å²) in [4.78, 5) is 64.1. The molecule has 1 unspecified atom stereocenters. The SMILES string of the molecule is CNC(=O)C(CCC=O)N1Cc2cc(N3CCC(N4CC(Oc5cccc(S(=O)(=O)N6CCC(Nc7ncc(C8(C=O)CC8)c(NC)n7)CC6)c5)C4)CC3)ccc2C1=O. The monoisotopic (exact) mass is 827 g/mol. The number of nitrogens with one attached hydrogen (secondary N) is 3. The fourth-order valence-corrected chi connectivity index (χ4v) is 10.5. The number of nitrogens with zero attached hydrogens (tertiary/aromatic N) is 6. The van der Waals surface area contributed by atoms with Gasteiger partial charge in [0.1, 0.15) is 36.3 Å². The molecule has 3 aromatic rings. The molecule has 4 fully saturated rings. The van der Waals surface area contributed by atoms with E-state index in [0.29, 0.717) is 61.6 Å². The van der Waals surface area contributed by atoms with Crippen LogP contribution in [0.2, 0.25) is 0 Å². The minimum absolute atomic E-state index is 0.00983. The number of aromatic nitrogens is 2. The van der Waals surface area contributed by atoms with E-state index in [9.17, 15) is 27.6 Å². The lowest BCUT2D eigenvalue weighted by Gasteiger charge is -2.47. The molecule has 0 radical (unpaired) electrons. The van der Waals surface area contributed by atoms with Crippen LogP contribution in [0.5, 0.6) is 5.75 Å². The molecule has 1 atom stereocenters. The van der Waals surface area contributed by atoms with Crippen LogP contribution in [0.3, 0.4) is 0 Å². The van der Waals surface area contributed by atoms with E-state index in [1.807, 2.05) is 18.2 Å². The number of amides is 2. The second-order valence-electron chi connectivity index (χ2n) is 16.3. The third kappa shape index (κ3) is 8.24. The van der Waals surface area contributed by atoms with Crippen LogP contribution >= 0.6 is 0 Å². The van der Waals surface area contributed by atoms with E-state index < -0.39 is 21.5 Å². The number of benzene rings is 2. The molecule has 0 bridgehead atoms. The second kappa shape index (κ2) is 16.9. The Labute approximate surface area is 345 Å². The number of piperidine rings is 2. The van der Waals surface area contributed by atoms with Crippen LogP contribution in [0.4, 0.5) is 17.5 Å². The van der Waals surface area contributed by atoms with Gasteiger partial charge in [-0.15, -0.1) is 0 Å². The maximum atomic E-state index is 13.7. The number of anilines is 3. The summed E-state index contributed by atoms with van der Waals surface area (Å²) in [7, 11) is -0.405.